The molecule has 1 saturated heterocycles. The van der Waals surface area contributed by atoms with Crippen molar-refractivity contribution < 1.29 is 13.2 Å². The zero-order valence-corrected chi connectivity index (χ0v) is 16.2. The molecule has 8 nitrogen and oxygen atoms in total. The highest BCUT2D eigenvalue weighted by Gasteiger charge is 2.39. The second-order valence-electron chi connectivity index (χ2n) is 6.73. The SMILES string of the molecule is COc1cccc(-n2cc3cnc(N4CC(S(=O)(=O)N(C)C)C4)cc3n2)c1. The third-order valence-corrected chi connectivity index (χ3v) is 6.95. The normalized spacial score (nSPS) is 15.3. The Morgan fingerprint density at radius 3 is 2.70 bits per heavy atom. The Bertz CT molecular complexity index is 1090. The minimum absolute atomic E-state index is 0.390. The van der Waals surface area contributed by atoms with E-state index in [1.807, 2.05) is 41.4 Å². The van der Waals surface area contributed by atoms with Crippen LogP contribution in [0.3, 0.4) is 0 Å². The van der Waals surface area contributed by atoms with Crippen molar-refractivity contribution in [3.8, 4) is 11.4 Å². The average molecular weight is 387 g/mol. The number of hydrogen-bond acceptors (Lipinski definition) is 6. The van der Waals surface area contributed by atoms with Crippen LogP contribution in [0.2, 0.25) is 0 Å². The molecular formula is C18H21N5O3S. The number of anilines is 1. The highest BCUT2D eigenvalue weighted by molar-refractivity contribution is 7.89. The summed E-state index contributed by atoms with van der Waals surface area (Å²) < 4.78 is 32.7. The summed E-state index contributed by atoms with van der Waals surface area (Å²) in [4.78, 5) is 6.42. The number of pyridine rings is 1. The van der Waals surface area contributed by atoms with Crippen molar-refractivity contribution in [3.05, 3.63) is 42.7 Å². The third-order valence-electron chi connectivity index (χ3n) is 4.79. The fraction of sp³-hybridized carbons (Fsp3) is 0.333. The second kappa shape index (κ2) is 6.50. The first-order valence-electron chi connectivity index (χ1n) is 8.54. The number of sulfonamides is 1. The predicted molar refractivity (Wildman–Crippen MR) is 104 cm³/mol. The van der Waals surface area contributed by atoms with Crippen molar-refractivity contribution in [2.45, 2.75) is 5.25 Å². The van der Waals surface area contributed by atoms with E-state index >= 15 is 0 Å². The van der Waals surface area contributed by atoms with E-state index in [9.17, 15) is 8.42 Å². The van der Waals surface area contributed by atoms with Gasteiger partial charge < -0.3 is 9.64 Å². The minimum Gasteiger partial charge on any atom is -0.497 e. The first kappa shape index (κ1) is 17.7. The maximum atomic E-state index is 12.2. The lowest BCUT2D eigenvalue weighted by Crippen LogP contribution is -2.57. The van der Waals surface area contributed by atoms with Crippen molar-refractivity contribution in [3.63, 3.8) is 0 Å². The molecule has 1 aromatic carbocycles. The summed E-state index contributed by atoms with van der Waals surface area (Å²) in [5, 5.41) is 5.15. The van der Waals surface area contributed by atoms with Gasteiger partial charge in [0, 0.05) is 57.1 Å². The van der Waals surface area contributed by atoms with Gasteiger partial charge in [-0.3, -0.25) is 0 Å². The zero-order valence-electron chi connectivity index (χ0n) is 15.4. The van der Waals surface area contributed by atoms with Gasteiger partial charge in [-0.15, -0.1) is 0 Å². The number of methoxy groups -OCH3 is 1. The number of fused-ring (bicyclic) bond motifs is 1. The molecule has 0 aliphatic carbocycles. The quantitative estimate of drug-likeness (QED) is 0.660. The Hall–Kier alpha value is -2.65. The molecule has 0 amide bonds. The van der Waals surface area contributed by atoms with Gasteiger partial charge in [-0.05, 0) is 12.1 Å². The number of hydrogen-bond donors (Lipinski definition) is 0. The van der Waals surface area contributed by atoms with Crippen molar-refractivity contribution in [1.29, 1.82) is 0 Å². The molecule has 0 atom stereocenters. The van der Waals surface area contributed by atoms with Gasteiger partial charge in [0.05, 0.1) is 18.3 Å². The van der Waals surface area contributed by atoms with Crippen LogP contribution in [0.5, 0.6) is 5.75 Å². The van der Waals surface area contributed by atoms with Crippen molar-refractivity contribution in [2.75, 3.05) is 39.2 Å². The Labute approximate surface area is 158 Å². The van der Waals surface area contributed by atoms with Gasteiger partial charge in [0.25, 0.3) is 0 Å². The van der Waals surface area contributed by atoms with Gasteiger partial charge in [-0.25, -0.2) is 22.4 Å². The van der Waals surface area contributed by atoms with Crippen LogP contribution in [0.4, 0.5) is 5.82 Å². The largest absolute Gasteiger partial charge is 0.497 e. The summed E-state index contributed by atoms with van der Waals surface area (Å²) in [6.07, 6.45) is 3.68. The van der Waals surface area contributed by atoms with E-state index in [2.05, 4.69) is 10.1 Å². The van der Waals surface area contributed by atoms with Gasteiger partial charge >= 0.3 is 0 Å². The van der Waals surface area contributed by atoms with E-state index in [-0.39, 0.29) is 5.25 Å². The number of rotatable bonds is 5. The predicted octanol–water partition coefficient (Wildman–Crippen LogP) is 1.51. The summed E-state index contributed by atoms with van der Waals surface area (Å²) in [6.45, 7) is 0.880. The van der Waals surface area contributed by atoms with Crippen LogP contribution in [-0.2, 0) is 10.0 Å². The van der Waals surface area contributed by atoms with Crippen molar-refractivity contribution in [2.24, 2.45) is 0 Å². The molecule has 1 aliphatic rings. The Kier molecular flexibility index (Phi) is 4.27. The first-order valence-corrected chi connectivity index (χ1v) is 10.0. The molecule has 2 aromatic heterocycles. The van der Waals surface area contributed by atoms with Crippen LogP contribution < -0.4 is 9.64 Å². The number of aromatic nitrogens is 3. The van der Waals surface area contributed by atoms with E-state index in [0.717, 1.165) is 28.2 Å². The molecule has 0 N–H and O–H groups in total. The van der Waals surface area contributed by atoms with Gasteiger partial charge in [-0.2, -0.15) is 5.10 Å². The Morgan fingerprint density at radius 1 is 1.22 bits per heavy atom. The van der Waals surface area contributed by atoms with Crippen LogP contribution >= 0.6 is 0 Å². The Morgan fingerprint density at radius 2 is 2.00 bits per heavy atom. The van der Waals surface area contributed by atoms with Crippen molar-refractivity contribution in [1.82, 2.24) is 19.1 Å². The van der Waals surface area contributed by atoms with Crippen molar-refractivity contribution >= 4 is 26.7 Å². The molecule has 3 aromatic rings. The fourth-order valence-electron chi connectivity index (χ4n) is 3.08. The third kappa shape index (κ3) is 3.13. The first-order chi connectivity index (χ1) is 12.9. The molecule has 0 saturated carbocycles. The molecule has 0 spiro atoms. The highest BCUT2D eigenvalue weighted by atomic mass is 32.2. The topological polar surface area (TPSA) is 80.6 Å². The van der Waals surface area contributed by atoms with E-state index in [0.29, 0.717) is 13.1 Å². The molecule has 142 valence electrons. The fourth-order valence-corrected chi connectivity index (χ4v) is 4.41. The molecule has 1 aliphatic heterocycles. The Balaban J connectivity index is 1.57. The molecule has 0 radical (unpaired) electrons. The van der Waals surface area contributed by atoms with E-state index in [1.165, 1.54) is 4.31 Å². The van der Waals surface area contributed by atoms with E-state index in [4.69, 9.17) is 4.74 Å². The van der Waals surface area contributed by atoms with Crippen LogP contribution in [0.15, 0.2) is 42.7 Å². The van der Waals surface area contributed by atoms with Crippen LogP contribution in [0, 0.1) is 0 Å². The monoisotopic (exact) mass is 387 g/mol. The van der Waals surface area contributed by atoms with Crippen LogP contribution in [0.1, 0.15) is 0 Å². The zero-order chi connectivity index (χ0) is 19.2. The maximum Gasteiger partial charge on any atom is 0.219 e. The summed E-state index contributed by atoms with van der Waals surface area (Å²) in [6, 6.07) is 9.55. The number of benzene rings is 1. The molecule has 27 heavy (non-hydrogen) atoms. The lowest BCUT2D eigenvalue weighted by molar-refractivity contribution is 0.414. The molecule has 0 bridgehead atoms. The summed E-state index contributed by atoms with van der Waals surface area (Å²) in [7, 11) is 1.53. The van der Waals surface area contributed by atoms with Crippen LogP contribution in [0.25, 0.3) is 16.6 Å². The van der Waals surface area contributed by atoms with Gasteiger partial charge in [0.15, 0.2) is 0 Å². The smallest absolute Gasteiger partial charge is 0.219 e. The maximum absolute atomic E-state index is 12.2. The van der Waals surface area contributed by atoms with Gasteiger partial charge in [-0.1, -0.05) is 6.07 Å². The standard InChI is InChI=1S/C18H21N5O3S/c1-21(2)27(24,25)16-11-22(12-16)18-8-17-13(9-19-18)10-23(20-17)14-5-4-6-15(7-14)26-3/h4-10,16H,11-12H2,1-3H3. The molecular weight excluding hydrogens is 366 g/mol. The number of nitrogens with zero attached hydrogens (tertiary/aromatic N) is 5. The summed E-state index contributed by atoms with van der Waals surface area (Å²) in [5.74, 6) is 1.50. The molecule has 9 heteroatoms. The van der Waals surface area contributed by atoms with Crippen LogP contribution in [-0.4, -0.2) is 67.0 Å². The number of ether oxygens (including phenoxy) is 1. The van der Waals surface area contributed by atoms with Gasteiger partial charge in [0.2, 0.25) is 10.0 Å². The van der Waals surface area contributed by atoms with E-state index in [1.54, 1.807) is 32.1 Å². The lowest BCUT2D eigenvalue weighted by Gasteiger charge is -2.40. The highest BCUT2D eigenvalue weighted by Crippen LogP contribution is 2.27. The second-order valence-corrected chi connectivity index (χ2v) is 9.16. The van der Waals surface area contributed by atoms with Gasteiger partial charge in [0.1, 0.15) is 16.8 Å². The summed E-state index contributed by atoms with van der Waals surface area (Å²) >= 11 is 0. The summed E-state index contributed by atoms with van der Waals surface area (Å²) in [5.41, 5.74) is 1.70. The molecule has 3 heterocycles. The average Bonchev–Trinajstić information content (AvgIpc) is 3.03. The van der Waals surface area contributed by atoms with E-state index < -0.39 is 10.0 Å². The molecule has 1 fully saturated rings. The minimum atomic E-state index is -3.23. The lowest BCUT2D eigenvalue weighted by atomic mass is 10.2. The molecule has 0 unspecified atom stereocenters. The molecule has 4 rings (SSSR count).